The standard InChI is InChI=1S/C7H4BrNS2/c8-4-1-2-5-6(3-4)11-7(10)9-5/h1-3H,(H,9,10). The molecule has 1 aromatic carbocycles. The first-order valence-electron chi connectivity index (χ1n) is 3.04. The van der Waals surface area contributed by atoms with Crippen molar-refractivity contribution in [2.24, 2.45) is 0 Å². The molecule has 2 aromatic rings. The van der Waals surface area contributed by atoms with Crippen LogP contribution < -0.4 is 0 Å². The highest BCUT2D eigenvalue weighted by Gasteiger charge is 1.95. The molecule has 0 spiro atoms. The first-order valence-corrected chi connectivity index (χ1v) is 5.06. The molecule has 1 heterocycles. The van der Waals surface area contributed by atoms with Gasteiger partial charge in [-0.05, 0) is 30.4 Å². The van der Waals surface area contributed by atoms with Gasteiger partial charge in [-0.3, -0.25) is 0 Å². The highest BCUT2D eigenvalue weighted by molar-refractivity contribution is 9.10. The number of hydrogen-bond acceptors (Lipinski definition) is 2. The fourth-order valence-electron chi connectivity index (χ4n) is 0.919. The van der Waals surface area contributed by atoms with E-state index in [2.05, 4.69) is 27.0 Å². The van der Waals surface area contributed by atoms with Crippen molar-refractivity contribution in [1.82, 2.24) is 4.98 Å². The number of halogens is 1. The highest BCUT2D eigenvalue weighted by Crippen LogP contribution is 2.22. The van der Waals surface area contributed by atoms with E-state index in [4.69, 9.17) is 12.2 Å². The summed E-state index contributed by atoms with van der Waals surface area (Å²) in [6, 6.07) is 6.08. The second-order valence-corrected chi connectivity index (χ2v) is 4.79. The van der Waals surface area contributed by atoms with Crippen LogP contribution in [0.25, 0.3) is 10.2 Å². The second kappa shape index (κ2) is 2.69. The number of hydrogen-bond donors (Lipinski definition) is 1. The Balaban J connectivity index is 2.92. The Bertz CT molecular complexity index is 443. The summed E-state index contributed by atoms with van der Waals surface area (Å²) < 4.78 is 3.12. The van der Waals surface area contributed by atoms with Crippen LogP contribution in [0.15, 0.2) is 22.7 Å². The third-order valence-corrected chi connectivity index (χ3v) is 3.07. The van der Waals surface area contributed by atoms with Crippen molar-refractivity contribution in [3.8, 4) is 0 Å². The Labute approximate surface area is 81.2 Å². The summed E-state index contributed by atoms with van der Waals surface area (Å²) in [7, 11) is 0. The second-order valence-electron chi connectivity index (χ2n) is 2.16. The predicted octanol–water partition coefficient (Wildman–Crippen LogP) is 3.72. The number of aromatic nitrogens is 1. The first kappa shape index (κ1) is 7.46. The topological polar surface area (TPSA) is 15.8 Å². The Morgan fingerprint density at radius 2 is 2.27 bits per heavy atom. The summed E-state index contributed by atoms with van der Waals surface area (Å²) in [6.07, 6.45) is 0. The molecule has 1 nitrogen and oxygen atoms in total. The summed E-state index contributed by atoms with van der Waals surface area (Å²) in [5.74, 6) is 0. The molecule has 0 atom stereocenters. The third kappa shape index (κ3) is 1.38. The smallest absolute Gasteiger partial charge is 0.159 e. The third-order valence-electron chi connectivity index (χ3n) is 1.38. The molecule has 4 heteroatoms. The maximum absolute atomic E-state index is 5.00. The SMILES string of the molecule is S=c1[nH]c2ccc(Br)cc2s1. The Morgan fingerprint density at radius 1 is 1.45 bits per heavy atom. The molecule has 1 aromatic heterocycles. The predicted molar refractivity (Wildman–Crippen MR) is 54.7 cm³/mol. The van der Waals surface area contributed by atoms with E-state index in [9.17, 15) is 0 Å². The molecule has 11 heavy (non-hydrogen) atoms. The maximum atomic E-state index is 5.00. The molecule has 0 aliphatic rings. The van der Waals surface area contributed by atoms with Crippen molar-refractivity contribution < 1.29 is 0 Å². The fourth-order valence-corrected chi connectivity index (χ4v) is 2.59. The molecule has 0 radical (unpaired) electrons. The van der Waals surface area contributed by atoms with Gasteiger partial charge in [0.25, 0.3) is 0 Å². The zero-order valence-electron chi connectivity index (χ0n) is 5.43. The van der Waals surface area contributed by atoms with Crippen molar-refractivity contribution in [2.75, 3.05) is 0 Å². The fraction of sp³-hybridized carbons (Fsp3) is 0. The van der Waals surface area contributed by atoms with Gasteiger partial charge in [-0.25, -0.2) is 0 Å². The van der Waals surface area contributed by atoms with Crippen molar-refractivity contribution in [1.29, 1.82) is 0 Å². The molecule has 2 rings (SSSR count). The van der Waals surface area contributed by atoms with E-state index < -0.39 is 0 Å². The lowest BCUT2D eigenvalue weighted by Gasteiger charge is -1.87. The lowest BCUT2D eigenvalue weighted by molar-refractivity contribution is 1.47. The number of fused-ring (bicyclic) bond motifs is 1. The van der Waals surface area contributed by atoms with Gasteiger partial charge in [0.2, 0.25) is 0 Å². The molecule has 1 N–H and O–H groups in total. The van der Waals surface area contributed by atoms with Crippen LogP contribution in [0.5, 0.6) is 0 Å². The molecule has 0 aliphatic heterocycles. The van der Waals surface area contributed by atoms with Gasteiger partial charge in [0, 0.05) is 4.47 Å². The lowest BCUT2D eigenvalue weighted by atomic mass is 10.3. The molecule has 56 valence electrons. The van der Waals surface area contributed by atoms with Gasteiger partial charge < -0.3 is 4.98 Å². The van der Waals surface area contributed by atoms with Crippen LogP contribution in [0.2, 0.25) is 0 Å². The molecule has 0 amide bonds. The summed E-state index contributed by atoms with van der Waals surface area (Å²) in [5.41, 5.74) is 1.11. The quantitative estimate of drug-likeness (QED) is 0.700. The van der Waals surface area contributed by atoms with Crippen molar-refractivity contribution in [3.63, 3.8) is 0 Å². The van der Waals surface area contributed by atoms with Crippen LogP contribution in [0.1, 0.15) is 0 Å². The van der Waals surface area contributed by atoms with Crippen LogP contribution in [0.3, 0.4) is 0 Å². The maximum Gasteiger partial charge on any atom is 0.159 e. The average Bonchev–Trinajstić information content (AvgIpc) is 2.27. The molecule has 0 aliphatic carbocycles. The minimum absolute atomic E-state index is 0.832. The summed E-state index contributed by atoms with van der Waals surface area (Å²) >= 11 is 10.00. The number of nitrogens with one attached hydrogen (secondary N) is 1. The first-order chi connectivity index (χ1) is 5.25. The summed E-state index contributed by atoms with van der Waals surface area (Å²) in [6.45, 7) is 0. The van der Waals surface area contributed by atoms with E-state index in [1.807, 2.05) is 12.1 Å². The van der Waals surface area contributed by atoms with E-state index >= 15 is 0 Å². The molecule has 0 saturated carbocycles. The van der Waals surface area contributed by atoms with E-state index in [0.29, 0.717) is 0 Å². The van der Waals surface area contributed by atoms with Crippen molar-refractivity contribution in [3.05, 3.63) is 26.6 Å². The minimum Gasteiger partial charge on any atom is -0.337 e. The molecule has 0 unspecified atom stereocenters. The van der Waals surface area contributed by atoms with Crippen LogP contribution in [0.4, 0.5) is 0 Å². The van der Waals surface area contributed by atoms with Gasteiger partial charge in [-0.15, -0.1) is 11.3 Å². The summed E-state index contributed by atoms with van der Waals surface area (Å²) in [5, 5.41) is 0. The van der Waals surface area contributed by atoms with Crippen LogP contribution in [0, 0.1) is 3.95 Å². The van der Waals surface area contributed by atoms with Gasteiger partial charge in [0.1, 0.15) is 0 Å². The summed E-state index contributed by atoms with van der Waals surface area (Å²) in [4.78, 5) is 3.10. The zero-order chi connectivity index (χ0) is 7.84. The van der Waals surface area contributed by atoms with Crippen LogP contribution in [-0.4, -0.2) is 4.98 Å². The number of thiazole rings is 1. The number of aromatic amines is 1. The average molecular weight is 246 g/mol. The van der Waals surface area contributed by atoms with Crippen molar-refractivity contribution >= 4 is 49.7 Å². The zero-order valence-corrected chi connectivity index (χ0v) is 8.65. The van der Waals surface area contributed by atoms with E-state index in [0.717, 1.165) is 13.9 Å². The lowest BCUT2D eigenvalue weighted by Crippen LogP contribution is -1.65. The van der Waals surface area contributed by atoms with Gasteiger partial charge in [-0.1, -0.05) is 15.9 Å². The van der Waals surface area contributed by atoms with Gasteiger partial charge in [0.05, 0.1) is 10.2 Å². The van der Waals surface area contributed by atoms with E-state index in [1.54, 1.807) is 11.3 Å². The highest BCUT2D eigenvalue weighted by atomic mass is 79.9. The van der Waals surface area contributed by atoms with Crippen LogP contribution >= 0.6 is 39.5 Å². The van der Waals surface area contributed by atoms with E-state index in [-0.39, 0.29) is 0 Å². The normalized spacial score (nSPS) is 10.6. The number of benzene rings is 1. The Kier molecular flexibility index (Phi) is 1.83. The molecule has 0 saturated heterocycles. The van der Waals surface area contributed by atoms with Crippen LogP contribution in [-0.2, 0) is 0 Å². The van der Waals surface area contributed by atoms with Crippen molar-refractivity contribution in [2.45, 2.75) is 0 Å². The largest absolute Gasteiger partial charge is 0.337 e. The monoisotopic (exact) mass is 245 g/mol. The molecule has 0 bridgehead atoms. The Hall–Kier alpha value is -0.190. The molecular formula is C7H4BrNS2. The van der Waals surface area contributed by atoms with Gasteiger partial charge >= 0.3 is 0 Å². The van der Waals surface area contributed by atoms with E-state index in [1.165, 1.54) is 4.70 Å². The Morgan fingerprint density at radius 3 is 3.09 bits per heavy atom. The number of H-pyrrole nitrogens is 1. The number of rotatable bonds is 0. The van der Waals surface area contributed by atoms with Gasteiger partial charge in [0.15, 0.2) is 3.95 Å². The minimum atomic E-state index is 0.832. The molecular weight excluding hydrogens is 242 g/mol. The molecule has 0 fully saturated rings. The van der Waals surface area contributed by atoms with Gasteiger partial charge in [-0.2, -0.15) is 0 Å².